The Morgan fingerprint density at radius 1 is 1.25 bits per heavy atom. The highest BCUT2D eigenvalue weighted by molar-refractivity contribution is 6.38. The molecule has 1 aromatic carbocycles. The Labute approximate surface area is 147 Å². The van der Waals surface area contributed by atoms with Gasteiger partial charge in [0, 0.05) is 50.7 Å². The van der Waals surface area contributed by atoms with Gasteiger partial charge in [0.05, 0.1) is 11.1 Å². The van der Waals surface area contributed by atoms with E-state index in [-0.39, 0.29) is 12.0 Å². The average molecular weight is 350 g/mol. The maximum absolute atomic E-state index is 12.9. The van der Waals surface area contributed by atoms with Crippen molar-refractivity contribution in [2.24, 2.45) is 7.05 Å². The molecule has 1 fully saturated rings. The Bertz CT molecular complexity index is 696. The number of nitrogens with zero attached hydrogens (tertiary/aromatic N) is 3. The van der Waals surface area contributed by atoms with E-state index in [4.69, 9.17) is 11.6 Å². The summed E-state index contributed by atoms with van der Waals surface area (Å²) in [6.07, 6.45) is 0.463. The van der Waals surface area contributed by atoms with E-state index in [1.807, 2.05) is 47.7 Å². The number of hydrogen-bond donors (Lipinski definition) is 1. The van der Waals surface area contributed by atoms with Gasteiger partial charge in [-0.3, -0.25) is 9.69 Å². The summed E-state index contributed by atoms with van der Waals surface area (Å²) in [6.45, 7) is 5.54. The molecule has 1 aliphatic heterocycles. The van der Waals surface area contributed by atoms with Gasteiger partial charge in [0.1, 0.15) is 5.69 Å². The molecular formula is C18H24ClN3O2. The van der Waals surface area contributed by atoms with E-state index in [1.54, 1.807) is 0 Å². The number of benzene rings is 1. The van der Waals surface area contributed by atoms with Crippen LogP contribution in [0.5, 0.6) is 0 Å². The number of rotatable bonds is 4. The Morgan fingerprint density at radius 3 is 2.54 bits per heavy atom. The van der Waals surface area contributed by atoms with Gasteiger partial charge >= 0.3 is 0 Å². The highest BCUT2D eigenvalue weighted by atomic mass is 35.5. The van der Waals surface area contributed by atoms with Gasteiger partial charge in [-0.25, -0.2) is 0 Å². The summed E-state index contributed by atoms with van der Waals surface area (Å²) in [5, 5.41) is 11.2. The third-order valence-corrected chi connectivity index (χ3v) is 5.23. The summed E-state index contributed by atoms with van der Waals surface area (Å²) in [6, 6.07) is 7.80. The third kappa shape index (κ3) is 3.16. The summed E-state index contributed by atoms with van der Waals surface area (Å²) in [7, 11) is 1.88. The number of β-amino-alcohol motifs (C(OH)–C–C–N with tert-alkyl or cyclic N) is 1. The first-order valence-electron chi connectivity index (χ1n) is 8.45. The molecule has 0 spiro atoms. The van der Waals surface area contributed by atoms with E-state index in [9.17, 15) is 9.90 Å². The molecule has 2 aromatic rings. The lowest BCUT2D eigenvalue weighted by Crippen LogP contribution is -2.50. The molecule has 1 N–H and O–H groups in total. The van der Waals surface area contributed by atoms with Crippen molar-refractivity contribution in [2.45, 2.75) is 19.4 Å². The van der Waals surface area contributed by atoms with Crippen molar-refractivity contribution in [3.63, 3.8) is 0 Å². The number of fused-ring (bicyclic) bond motifs is 1. The lowest BCUT2D eigenvalue weighted by atomic mass is 10.2. The van der Waals surface area contributed by atoms with Crippen molar-refractivity contribution < 1.29 is 9.90 Å². The van der Waals surface area contributed by atoms with Crippen LogP contribution in [0.25, 0.3) is 10.9 Å². The topological polar surface area (TPSA) is 48.7 Å². The number of para-hydroxylation sites is 1. The fourth-order valence-electron chi connectivity index (χ4n) is 3.29. The van der Waals surface area contributed by atoms with Crippen LogP contribution in [0.4, 0.5) is 0 Å². The first-order valence-corrected chi connectivity index (χ1v) is 8.83. The van der Waals surface area contributed by atoms with Crippen molar-refractivity contribution >= 4 is 28.4 Å². The second-order valence-electron chi connectivity index (χ2n) is 6.39. The van der Waals surface area contributed by atoms with Crippen molar-refractivity contribution in [3.05, 3.63) is 35.0 Å². The van der Waals surface area contributed by atoms with Gasteiger partial charge in [-0.2, -0.15) is 0 Å². The first kappa shape index (κ1) is 17.3. The van der Waals surface area contributed by atoms with Crippen LogP contribution in [0.3, 0.4) is 0 Å². The van der Waals surface area contributed by atoms with Crippen molar-refractivity contribution in [1.82, 2.24) is 14.4 Å². The number of aromatic nitrogens is 1. The molecular weight excluding hydrogens is 326 g/mol. The average Bonchev–Trinajstić information content (AvgIpc) is 2.86. The number of aryl methyl sites for hydroxylation is 1. The van der Waals surface area contributed by atoms with Gasteiger partial charge in [-0.05, 0) is 12.5 Å². The van der Waals surface area contributed by atoms with Crippen LogP contribution < -0.4 is 0 Å². The van der Waals surface area contributed by atoms with E-state index in [2.05, 4.69) is 4.90 Å². The van der Waals surface area contributed by atoms with Gasteiger partial charge in [-0.1, -0.05) is 36.7 Å². The molecule has 1 saturated heterocycles. The minimum absolute atomic E-state index is 0.0191. The zero-order valence-corrected chi connectivity index (χ0v) is 15.0. The maximum Gasteiger partial charge on any atom is 0.272 e. The summed E-state index contributed by atoms with van der Waals surface area (Å²) < 4.78 is 1.88. The lowest BCUT2D eigenvalue weighted by molar-refractivity contribution is 0.0517. The second-order valence-corrected chi connectivity index (χ2v) is 6.77. The summed E-state index contributed by atoms with van der Waals surface area (Å²) in [5.41, 5.74) is 1.52. The first-order chi connectivity index (χ1) is 11.5. The molecule has 130 valence electrons. The molecule has 3 rings (SSSR count). The Morgan fingerprint density at radius 2 is 1.92 bits per heavy atom. The summed E-state index contributed by atoms with van der Waals surface area (Å²) in [4.78, 5) is 17.0. The van der Waals surface area contributed by atoms with E-state index in [1.165, 1.54) is 0 Å². The van der Waals surface area contributed by atoms with Crippen molar-refractivity contribution in [1.29, 1.82) is 0 Å². The Hall–Kier alpha value is -1.56. The Balaban J connectivity index is 1.75. The molecule has 1 aromatic heterocycles. The zero-order valence-electron chi connectivity index (χ0n) is 14.2. The van der Waals surface area contributed by atoms with Gasteiger partial charge in [-0.15, -0.1) is 0 Å². The fourth-order valence-corrected chi connectivity index (χ4v) is 3.66. The van der Waals surface area contributed by atoms with Crippen LogP contribution in [-0.4, -0.2) is 64.2 Å². The van der Waals surface area contributed by atoms with E-state index in [0.29, 0.717) is 30.4 Å². The number of piperazine rings is 1. The van der Waals surface area contributed by atoms with Gasteiger partial charge in [0.25, 0.3) is 5.91 Å². The molecule has 1 atom stereocenters. The monoisotopic (exact) mass is 349 g/mol. The van der Waals surface area contributed by atoms with E-state index < -0.39 is 0 Å². The SMILES string of the molecule is CCC(O)CN1CCN(C(=O)c2c(Cl)c3ccccc3n2C)CC1. The summed E-state index contributed by atoms with van der Waals surface area (Å²) >= 11 is 6.48. The maximum atomic E-state index is 12.9. The molecule has 1 amide bonds. The standard InChI is InChI=1S/C18H24ClN3O2/c1-3-13(23)12-21-8-10-22(11-9-21)18(24)17-16(19)14-6-4-5-7-15(14)20(17)2/h4-7,13,23H,3,8-12H2,1-2H3. The van der Waals surface area contributed by atoms with Crippen LogP contribution in [0.1, 0.15) is 23.8 Å². The number of aliphatic hydroxyl groups excluding tert-OH is 1. The van der Waals surface area contributed by atoms with Crippen LogP contribution in [0.15, 0.2) is 24.3 Å². The molecule has 0 radical (unpaired) electrons. The van der Waals surface area contributed by atoms with Crippen LogP contribution in [-0.2, 0) is 7.05 Å². The fraction of sp³-hybridized carbons (Fsp3) is 0.500. The second kappa shape index (κ2) is 7.13. The number of halogens is 1. The molecule has 5 nitrogen and oxygen atoms in total. The minimum atomic E-state index is -0.292. The minimum Gasteiger partial charge on any atom is -0.392 e. The molecule has 24 heavy (non-hydrogen) atoms. The normalized spacial score (nSPS) is 17.4. The molecule has 0 bridgehead atoms. The van der Waals surface area contributed by atoms with E-state index in [0.717, 1.165) is 30.4 Å². The van der Waals surface area contributed by atoms with Crippen LogP contribution in [0.2, 0.25) is 5.02 Å². The number of hydrogen-bond acceptors (Lipinski definition) is 3. The van der Waals surface area contributed by atoms with Gasteiger partial charge in [0.2, 0.25) is 0 Å². The Kier molecular flexibility index (Phi) is 5.13. The quantitative estimate of drug-likeness (QED) is 0.921. The molecule has 1 unspecified atom stereocenters. The van der Waals surface area contributed by atoms with Gasteiger partial charge < -0.3 is 14.6 Å². The molecule has 1 aliphatic rings. The molecule has 0 saturated carbocycles. The third-order valence-electron chi connectivity index (χ3n) is 4.85. The smallest absolute Gasteiger partial charge is 0.272 e. The molecule has 6 heteroatoms. The highest BCUT2D eigenvalue weighted by Gasteiger charge is 2.27. The zero-order chi connectivity index (χ0) is 17.3. The number of aliphatic hydroxyl groups is 1. The van der Waals surface area contributed by atoms with Crippen LogP contribution in [0, 0.1) is 0 Å². The van der Waals surface area contributed by atoms with E-state index >= 15 is 0 Å². The predicted octanol–water partition coefficient (Wildman–Crippen LogP) is 2.36. The van der Waals surface area contributed by atoms with Crippen LogP contribution >= 0.6 is 11.6 Å². The number of carbonyl (C=O) groups excluding carboxylic acids is 1. The summed E-state index contributed by atoms with van der Waals surface area (Å²) in [5.74, 6) is -0.0191. The predicted molar refractivity (Wildman–Crippen MR) is 96.6 cm³/mol. The largest absolute Gasteiger partial charge is 0.392 e. The van der Waals surface area contributed by atoms with Crippen molar-refractivity contribution in [3.8, 4) is 0 Å². The van der Waals surface area contributed by atoms with Crippen molar-refractivity contribution in [2.75, 3.05) is 32.7 Å². The molecule has 2 heterocycles. The lowest BCUT2D eigenvalue weighted by Gasteiger charge is -2.35. The molecule has 0 aliphatic carbocycles. The number of amides is 1. The number of carbonyl (C=O) groups is 1. The highest BCUT2D eigenvalue weighted by Crippen LogP contribution is 2.30. The van der Waals surface area contributed by atoms with Gasteiger partial charge in [0.15, 0.2) is 0 Å².